The van der Waals surface area contributed by atoms with E-state index >= 15 is 0 Å². The number of nitrogens with one attached hydrogen (secondary N) is 1. The summed E-state index contributed by atoms with van der Waals surface area (Å²) in [6.45, 7) is 10.4. The first kappa shape index (κ1) is 25.6. The lowest BCUT2D eigenvalue weighted by Crippen LogP contribution is -2.29. The van der Waals surface area contributed by atoms with Crippen LogP contribution in [0.3, 0.4) is 0 Å². The lowest BCUT2D eigenvalue weighted by Gasteiger charge is -2.26. The van der Waals surface area contributed by atoms with Gasteiger partial charge in [-0.25, -0.2) is 8.91 Å². The van der Waals surface area contributed by atoms with Crippen molar-refractivity contribution in [2.45, 2.75) is 50.3 Å². The third-order valence-corrected chi connectivity index (χ3v) is 8.45. The van der Waals surface area contributed by atoms with Crippen LogP contribution in [0.1, 0.15) is 56.8 Å². The van der Waals surface area contributed by atoms with Gasteiger partial charge in [-0.1, -0.05) is 26.1 Å². The first-order valence-corrected chi connectivity index (χ1v) is 12.9. The fourth-order valence-electron chi connectivity index (χ4n) is 4.19. The third-order valence-electron chi connectivity index (χ3n) is 5.87. The summed E-state index contributed by atoms with van der Waals surface area (Å²) >= 11 is 0. The zero-order chi connectivity index (χ0) is 26.2. The first-order valence-electron chi connectivity index (χ1n) is 11.6. The number of halogens is 1. The molecule has 36 heavy (non-hydrogen) atoms. The molecule has 0 saturated heterocycles. The summed E-state index contributed by atoms with van der Waals surface area (Å²) in [4.78, 5) is 18.2. The second-order valence-electron chi connectivity index (χ2n) is 9.38. The number of amides is 1. The van der Waals surface area contributed by atoms with Gasteiger partial charge in [0.2, 0.25) is 0 Å². The number of carbonyl (C=O) groups is 1. The molecule has 2 atom stereocenters. The van der Waals surface area contributed by atoms with Crippen molar-refractivity contribution in [2.75, 3.05) is 7.11 Å². The molecule has 1 unspecified atom stereocenters. The van der Waals surface area contributed by atoms with Crippen LogP contribution in [-0.2, 0) is 7.05 Å². The highest BCUT2D eigenvalue weighted by atomic mass is 32.2. The molecular formula is C26H31FN6O2S. The van der Waals surface area contributed by atoms with Crippen LogP contribution in [0.4, 0.5) is 4.39 Å². The fraction of sp³-hybridized carbons (Fsp3) is 0.346. The van der Waals surface area contributed by atoms with E-state index in [-0.39, 0.29) is 26.8 Å². The van der Waals surface area contributed by atoms with E-state index in [1.54, 1.807) is 37.9 Å². The molecule has 0 fully saturated rings. The van der Waals surface area contributed by atoms with Gasteiger partial charge in [0.15, 0.2) is 0 Å². The molecule has 0 aromatic carbocycles. The van der Waals surface area contributed by atoms with E-state index in [1.807, 2.05) is 6.20 Å². The molecule has 0 radical (unpaired) electrons. The summed E-state index contributed by atoms with van der Waals surface area (Å²) < 4.78 is 23.1. The number of methoxy groups -OCH3 is 1. The first-order chi connectivity index (χ1) is 17.0. The monoisotopic (exact) mass is 510 g/mol. The van der Waals surface area contributed by atoms with Crippen molar-refractivity contribution in [2.24, 2.45) is 7.05 Å². The van der Waals surface area contributed by atoms with Crippen molar-refractivity contribution in [3.8, 4) is 17.0 Å². The maximum atomic E-state index is 14.1. The molecule has 0 bridgehead atoms. The second-order valence-corrected chi connectivity index (χ2v) is 12.2. The largest absolute Gasteiger partial charge is 0.494 e. The molecule has 8 nitrogen and oxygen atoms in total. The summed E-state index contributed by atoms with van der Waals surface area (Å²) in [6, 6.07) is 6.04. The van der Waals surface area contributed by atoms with Gasteiger partial charge in [-0.15, -0.1) is 10.5 Å². The minimum atomic E-state index is -0.607. The van der Waals surface area contributed by atoms with Crippen molar-refractivity contribution >= 4 is 27.3 Å². The van der Waals surface area contributed by atoms with Gasteiger partial charge in [-0.05, 0) is 38.1 Å². The molecule has 4 rings (SSSR count). The number of pyridine rings is 2. The van der Waals surface area contributed by atoms with E-state index in [1.165, 1.54) is 23.0 Å². The Morgan fingerprint density at radius 2 is 2.06 bits per heavy atom. The zero-order valence-electron chi connectivity index (χ0n) is 21.5. The topological polar surface area (TPSA) is 86.3 Å². The maximum absolute atomic E-state index is 14.1. The zero-order valence-corrected chi connectivity index (χ0v) is 22.4. The van der Waals surface area contributed by atoms with Gasteiger partial charge >= 0.3 is 0 Å². The molecular weight excluding hydrogens is 479 g/mol. The number of ether oxygens (including phenoxy) is 1. The summed E-state index contributed by atoms with van der Waals surface area (Å²) in [5, 5.41) is 14.1. The average molecular weight is 511 g/mol. The van der Waals surface area contributed by atoms with Gasteiger partial charge in [0.1, 0.15) is 17.3 Å². The Labute approximate surface area is 212 Å². The van der Waals surface area contributed by atoms with E-state index < -0.39 is 11.9 Å². The number of hydrogen-bond acceptors (Lipinski definition) is 5. The standard InChI is InChI=1S/C26H31FN6O2S/c1-8-36(26(3,4)5)23-13-20-17(14-29-33(20)15-22(23)35-7)19-12-21(32(6)31-19)25(34)30-16(2)24-18(27)10-9-11-28-24/h8-16H,1-7H3,(H,30,34)/t16-,36?/m1/s1. The van der Waals surface area contributed by atoms with E-state index in [4.69, 9.17) is 4.74 Å². The second kappa shape index (κ2) is 9.85. The van der Waals surface area contributed by atoms with Gasteiger partial charge in [0, 0.05) is 28.5 Å². The normalized spacial score (nSPS) is 13.7. The predicted octanol–water partition coefficient (Wildman–Crippen LogP) is 5.02. The molecule has 190 valence electrons. The molecule has 4 aromatic heterocycles. The van der Waals surface area contributed by atoms with Crippen LogP contribution in [0, 0.1) is 5.82 Å². The van der Waals surface area contributed by atoms with Crippen molar-refractivity contribution < 1.29 is 13.9 Å². The fourth-order valence-corrected chi connectivity index (χ4v) is 6.40. The average Bonchev–Trinajstić information content (AvgIpc) is 3.41. The van der Waals surface area contributed by atoms with Crippen LogP contribution in [0.5, 0.6) is 5.75 Å². The summed E-state index contributed by atoms with van der Waals surface area (Å²) in [7, 11) is 3.19. The van der Waals surface area contributed by atoms with Crippen molar-refractivity contribution in [3.05, 3.63) is 60.1 Å². The number of aromatic nitrogens is 5. The molecule has 0 saturated carbocycles. The summed E-state index contributed by atoms with van der Waals surface area (Å²) in [5.74, 6) is -0.0694. The Hall–Kier alpha value is -3.53. The van der Waals surface area contributed by atoms with Crippen LogP contribution in [0.2, 0.25) is 0 Å². The van der Waals surface area contributed by atoms with Crippen LogP contribution in [-0.4, -0.2) is 47.5 Å². The number of aryl methyl sites for hydroxylation is 1. The smallest absolute Gasteiger partial charge is 0.270 e. The number of hydrogen-bond donors (Lipinski definition) is 1. The van der Waals surface area contributed by atoms with Gasteiger partial charge < -0.3 is 10.1 Å². The van der Waals surface area contributed by atoms with Gasteiger partial charge in [0.25, 0.3) is 5.91 Å². The maximum Gasteiger partial charge on any atom is 0.270 e. The van der Waals surface area contributed by atoms with E-state index in [9.17, 15) is 9.18 Å². The van der Waals surface area contributed by atoms with Crippen LogP contribution in [0.15, 0.2) is 47.8 Å². The van der Waals surface area contributed by atoms with Crippen molar-refractivity contribution in [1.29, 1.82) is 0 Å². The number of fused-ring (bicyclic) bond motifs is 1. The minimum absolute atomic E-state index is 0.0145. The molecule has 1 N–H and O–H groups in total. The molecule has 1 amide bonds. The lowest BCUT2D eigenvalue weighted by molar-refractivity contribution is 0.0929. The van der Waals surface area contributed by atoms with Gasteiger partial charge in [-0.2, -0.15) is 10.2 Å². The molecule has 0 spiro atoms. The van der Waals surface area contributed by atoms with Crippen molar-refractivity contribution in [1.82, 2.24) is 29.7 Å². The van der Waals surface area contributed by atoms with Gasteiger partial charge in [-0.3, -0.25) is 14.5 Å². The Kier molecular flexibility index (Phi) is 6.99. The van der Waals surface area contributed by atoms with Crippen molar-refractivity contribution in [3.63, 3.8) is 0 Å². The molecule has 0 aliphatic carbocycles. The number of nitrogens with zero attached hydrogens (tertiary/aromatic N) is 5. The lowest BCUT2D eigenvalue weighted by atomic mass is 10.1. The van der Waals surface area contributed by atoms with E-state index in [2.05, 4.69) is 59.6 Å². The Bertz CT molecular complexity index is 1470. The molecule has 4 heterocycles. The Balaban J connectivity index is 1.71. The highest BCUT2D eigenvalue weighted by Crippen LogP contribution is 2.45. The molecule has 10 heteroatoms. The molecule has 4 aromatic rings. The van der Waals surface area contributed by atoms with E-state index in [0.29, 0.717) is 11.4 Å². The number of carbonyl (C=O) groups excluding carboxylic acids is 1. The summed E-state index contributed by atoms with van der Waals surface area (Å²) in [6.07, 6.45) is 5.11. The molecule has 0 aliphatic heterocycles. The number of rotatable bonds is 6. The van der Waals surface area contributed by atoms with Crippen LogP contribution in [0.25, 0.3) is 16.8 Å². The third kappa shape index (κ3) is 4.77. The van der Waals surface area contributed by atoms with Crippen LogP contribution < -0.4 is 10.1 Å². The molecule has 0 aliphatic rings. The SMILES string of the molecule is C/C=S(/c1cc2c(-c3cc(C(=O)N[C@H](C)c4ncccc4F)n(C)n3)cnn2cc1OC)C(C)(C)C. The predicted molar refractivity (Wildman–Crippen MR) is 141 cm³/mol. The summed E-state index contributed by atoms with van der Waals surface area (Å²) in [5.41, 5.74) is 2.80. The van der Waals surface area contributed by atoms with E-state index in [0.717, 1.165) is 21.7 Å². The highest BCUT2D eigenvalue weighted by molar-refractivity contribution is 8.16. The van der Waals surface area contributed by atoms with Crippen LogP contribution >= 0.6 is 10.5 Å². The Morgan fingerprint density at radius 3 is 2.69 bits per heavy atom. The van der Waals surface area contributed by atoms with Gasteiger partial charge in [0.05, 0.1) is 42.4 Å². The quantitative estimate of drug-likeness (QED) is 0.368. The minimum Gasteiger partial charge on any atom is -0.494 e. The Morgan fingerprint density at radius 1 is 1.31 bits per heavy atom. The highest BCUT2D eigenvalue weighted by Gasteiger charge is 2.24.